The highest BCUT2D eigenvalue weighted by molar-refractivity contribution is 5.92. The van der Waals surface area contributed by atoms with Crippen LogP contribution in [-0.4, -0.2) is 70.2 Å². The summed E-state index contributed by atoms with van der Waals surface area (Å²) in [6.45, 7) is 4.76. The molecule has 7 nitrogen and oxygen atoms in total. The van der Waals surface area contributed by atoms with E-state index in [-0.39, 0.29) is 17.9 Å². The van der Waals surface area contributed by atoms with Gasteiger partial charge in [0.1, 0.15) is 18.1 Å². The number of rotatable bonds is 2. The lowest BCUT2D eigenvalue weighted by atomic mass is 9.75. The Balaban J connectivity index is 1.52. The largest absolute Gasteiger partial charge is 0.491 e. The molecule has 30 heavy (non-hydrogen) atoms. The monoisotopic (exact) mass is 412 g/mol. The van der Waals surface area contributed by atoms with E-state index in [1.54, 1.807) is 6.20 Å². The molecule has 0 atom stereocenters. The highest BCUT2D eigenvalue weighted by Crippen LogP contribution is 2.37. The van der Waals surface area contributed by atoms with Gasteiger partial charge in [0.15, 0.2) is 0 Å². The Morgan fingerprint density at radius 3 is 2.73 bits per heavy atom. The molecule has 1 saturated heterocycles. The molecule has 1 aromatic heterocycles. The number of hydrogen-bond donors (Lipinski definition) is 2. The number of carbonyl (C=O) groups excluding carboxylic acids is 1. The third-order valence-electron chi connectivity index (χ3n) is 6.64. The molecular formula is C23H32N4O3. The predicted octanol–water partition coefficient (Wildman–Crippen LogP) is 2.69. The first-order valence-corrected chi connectivity index (χ1v) is 11.0. The van der Waals surface area contributed by atoms with Crippen LogP contribution in [0.5, 0.6) is 5.75 Å². The van der Waals surface area contributed by atoms with Gasteiger partial charge < -0.3 is 19.7 Å². The number of amides is 1. The zero-order valence-electron chi connectivity index (χ0n) is 17.6. The fourth-order valence-electron chi connectivity index (χ4n) is 4.62. The first-order chi connectivity index (χ1) is 14.7. The van der Waals surface area contributed by atoms with Crippen molar-refractivity contribution in [1.82, 2.24) is 19.8 Å². The number of fused-ring (bicyclic) bond motifs is 9. The van der Waals surface area contributed by atoms with Crippen molar-refractivity contribution < 1.29 is 14.6 Å². The van der Waals surface area contributed by atoms with Gasteiger partial charge in [0, 0.05) is 25.3 Å². The maximum Gasteiger partial charge on any atom is 0.272 e. The van der Waals surface area contributed by atoms with E-state index in [0.29, 0.717) is 25.4 Å². The van der Waals surface area contributed by atoms with Crippen LogP contribution < -0.4 is 4.74 Å². The normalized spacial score (nSPS) is 25.6. The lowest BCUT2D eigenvalue weighted by Crippen LogP contribution is -2.41. The van der Waals surface area contributed by atoms with Crippen molar-refractivity contribution in [2.24, 2.45) is 5.41 Å². The number of ether oxygens (including phenoxy) is 1. The Hall–Kier alpha value is -2.38. The number of nitrogens with one attached hydrogen (secondary N) is 1. The summed E-state index contributed by atoms with van der Waals surface area (Å²) >= 11 is 0. The third kappa shape index (κ3) is 4.84. The third-order valence-corrected chi connectivity index (χ3v) is 6.64. The van der Waals surface area contributed by atoms with Gasteiger partial charge in [0.05, 0.1) is 19.1 Å². The summed E-state index contributed by atoms with van der Waals surface area (Å²) in [5.41, 5.74) is 1.70. The molecule has 1 aromatic carbocycles. The van der Waals surface area contributed by atoms with E-state index in [2.05, 4.69) is 20.9 Å². The van der Waals surface area contributed by atoms with Gasteiger partial charge >= 0.3 is 0 Å². The number of imidazole rings is 1. The van der Waals surface area contributed by atoms with Crippen LogP contribution in [0.2, 0.25) is 0 Å². The van der Waals surface area contributed by atoms with E-state index in [9.17, 15) is 9.90 Å². The Kier molecular flexibility index (Phi) is 6.69. The maximum absolute atomic E-state index is 12.9. The van der Waals surface area contributed by atoms with Crippen molar-refractivity contribution in [3.05, 3.63) is 48.0 Å². The lowest BCUT2D eigenvalue weighted by molar-refractivity contribution is 0.0319. The number of H-pyrrole nitrogens is 1. The van der Waals surface area contributed by atoms with E-state index in [1.807, 2.05) is 23.1 Å². The minimum atomic E-state index is -0.0439. The van der Waals surface area contributed by atoms with Gasteiger partial charge in [0.2, 0.25) is 0 Å². The van der Waals surface area contributed by atoms with Crippen LogP contribution in [0.4, 0.5) is 0 Å². The van der Waals surface area contributed by atoms with E-state index < -0.39 is 0 Å². The van der Waals surface area contributed by atoms with Gasteiger partial charge in [-0.1, -0.05) is 24.6 Å². The van der Waals surface area contributed by atoms with Crippen LogP contribution in [0.15, 0.2) is 36.8 Å². The van der Waals surface area contributed by atoms with Crippen molar-refractivity contribution in [2.75, 3.05) is 39.4 Å². The molecule has 2 N–H and O–H groups in total. The summed E-state index contributed by atoms with van der Waals surface area (Å²) in [4.78, 5) is 24.1. The topological polar surface area (TPSA) is 81.7 Å². The van der Waals surface area contributed by atoms with Crippen LogP contribution in [-0.2, 0) is 6.54 Å². The Labute approximate surface area is 178 Å². The highest BCUT2D eigenvalue weighted by Gasteiger charge is 2.34. The smallest absolute Gasteiger partial charge is 0.272 e. The zero-order valence-corrected chi connectivity index (χ0v) is 17.6. The molecule has 1 amide bonds. The van der Waals surface area contributed by atoms with Crippen LogP contribution in [0, 0.1) is 5.41 Å². The predicted molar refractivity (Wildman–Crippen MR) is 114 cm³/mol. The number of nitrogens with zero attached hydrogens (tertiary/aromatic N) is 3. The molecule has 1 fully saturated rings. The minimum Gasteiger partial charge on any atom is -0.491 e. The number of aromatic nitrogens is 2. The summed E-state index contributed by atoms with van der Waals surface area (Å²) in [5.74, 6) is 0.845. The van der Waals surface area contributed by atoms with Gasteiger partial charge in [-0.25, -0.2) is 4.98 Å². The molecule has 0 aliphatic carbocycles. The average Bonchev–Trinajstić information content (AvgIpc) is 3.31. The molecule has 4 heterocycles. The summed E-state index contributed by atoms with van der Waals surface area (Å²) in [6, 6.07) is 8.17. The molecule has 162 valence electrons. The second-order valence-corrected chi connectivity index (χ2v) is 8.61. The molecule has 0 saturated carbocycles. The molecule has 2 aromatic rings. The SMILES string of the molecule is O=C(c1cnc[nH]1)N1CCCCC2(CO)CCN(CC2)Cc2ccccc2OCC1. The quantitative estimate of drug-likeness (QED) is 0.793. The Morgan fingerprint density at radius 1 is 1.13 bits per heavy atom. The Bertz CT molecular complexity index is 816. The standard InChI is InChI=1S/C23H32N4O3/c28-17-23-7-3-4-10-27(22(29)20-15-24-18-25-20)13-14-30-21-6-2-1-5-19(21)16-26(11-8-23)12-9-23/h1-2,5-6,15,18,28H,3-4,7-14,16-17H2,(H,24,25). The van der Waals surface area contributed by atoms with E-state index in [1.165, 1.54) is 11.9 Å². The summed E-state index contributed by atoms with van der Waals surface area (Å²) in [7, 11) is 0. The van der Waals surface area contributed by atoms with Gasteiger partial charge in [-0.2, -0.15) is 0 Å². The van der Waals surface area contributed by atoms with Crippen molar-refractivity contribution >= 4 is 5.91 Å². The number of hydrogen-bond acceptors (Lipinski definition) is 5. The minimum absolute atomic E-state index is 0.0188. The molecule has 3 aliphatic rings. The molecule has 0 radical (unpaired) electrons. The van der Waals surface area contributed by atoms with Gasteiger partial charge in [-0.15, -0.1) is 0 Å². The van der Waals surface area contributed by atoms with E-state index in [4.69, 9.17) is 4.74 Å². The number of aliphatic hydroxyl groups excluding tert-OH is 1. The van der Waals surface area contributed by atoms with Crippen molar-refractivity contribution in [3.8, 4) is 5.75 Å². The molecule has 5 rings (SSSR count). The van der Waals surface area contributed by atoms with E-state index in [0.717, 1.165) is 57.5 Å². The van der Waals surface area contributed by atoms with Crippen LogP contribution >= 0.6 is 0 Å². The van der Waals surface area contributed by atoms with Crippen LogP contribution in [0.25, 0.3) is 0 Å². The lowest BCUT2D eigenvalue weighted by Gasteiger charge is -2.41. The number of piperidine rings is 1. The number of carbonyl (C=O) groups is 1. The van der Waals surface area contributed by atoms with Gasteiger partial charge in [0.25, 0.3) is 5.91 Å². The first kappa shape index (κ1) is 20.9. The molecule has 2 bridgehead atoms. The first-order valence-electron chi connectivity index (χ1n) is 11.0. The van der Waals surface area contributed by atoms with Crippen molar-refractivity contribution in [2.45, 2.75) is 38.6 Å². The second kappa shape index (κ2) is 9.62. The summed E-state index contributed by atoms with van der Waals surface area (Å²) < 4.78 is 6.12. The number of benzene rings is 1. The van der Waals surface area contributed by atoms with Crippen LogP contribution in [0.1, 0.15) is 48.2 Å². The second-order valence-electron chi connectivity index (χ2n) is 8.61. The number of para-hydroxylation sites is 1. The zero-order chi connectivity index (χ0) is 20.8. The molecule has 0 spiro atoms. The fraction of sp³-hybridized carbons (Fsp3) is 0.565. The number of aromatic amines is 1. The van der Waals surface area contributed by atoms with Crippen molar-refractivity contribution in [1.29, 1.82) is 0 Å². The van der Waals surface area contributed by atoms with Crippen LogP contribution in [0.3, 0.4) is 0 Å². The van der Waals surface area contributed by atoms with Gasteiger partial charge in [-0.05, 0) is 50.3 Å². The molecule has 3 aliphatic heterocycles. The van der Waals surface area contributed by atoms with Gasteiger partial charge in [-0.3, -0.25) is 9.69 Å². The molecular weight excluding hydrogens is 380 g/mol. The van der Waals surface area contributed by atoms with E-state index >= 15 is 0 Å². The molecule has 0 unspecified atom stereocenters. The van der Waals surface area contributed by atoms with Crippen molar-refractivity contribution in [3.63, 3.8) is 0 Å². The molecule has 7 heteroatoms. The fourth-order valence-corrected chi connectivity index (χ4v) is 4.62. The maximum atomic E-state index is 12.9. The Morgan fingerprint density at radius 2 is 1.97 bits per heavy atom. The number of aliphatic hydroxyl groups is 1. The summed E-state index contributed by atoms with van der Waals surface area (Å²) in [5, 5.41) is 10.1. The highest BCUT2D eigenvalue weighted by atomic mass is 16.5. The summed E-state index contributed by atoms with van der Waals surface area (Å²) in [6.07, 6.45) is 8.08. The average molecular weight is 413 g/mol.